The summed E-state index contributed by atoms with van der Waals surface area (Å²) in [7, 11) is 1.39. The van der Waals surface area contributed by atoms with Gasteiger partial charge in [0.2, 0.25) is 18.2 Å². The van der Waals surface area contributed by atoms with E-state index in [4.69, 9.17) is 10.9 Å². The summed E-state index contributed by atoms with van der Waals surface area (Å²) in [5.41, 5.74) is 8.29. The van der Waals surface area contributed by atoms with Crippen molar-refractivity contribution >= 4 is 35.0 Å². The molecule has 0 saturated carbocycles. The molecule has 10 nitrogen and oxygen atoms in total. The number of carbonyl (C=O) groups is 4. The van der Waals surface area contributed by atoms with Crippen LogP contribution in [0.2, 0.25) is 0 Å². The Kier molecular flexibility index (Phi) is 7.10. The van der Waals surface area contributed by atoms with Crippen molar-refractivity contribution < 1.29 is 24.4 Å². The molecule has 0 unspecified atom stereocenters. The van der Waals surface area contributed by atoms with Gasteiger partial charge in [-0.2, -0.15) is 0 Å². The molecule has 0 aliphatic carbocycles. The summed E-state index contributed by atoms with van der Waals surface area (Å²) in [6.07, 6.45) is 2.19. The lowest BCUT2D eigenvalue weighted by atomic mass is 10.0. The van der Waals surface area contributed by atoms with Crippen molar-refractivity contribution in [1.29, 1.82) is 0 Å². The maximum atomic E-state index is 12.6. The number of rotatable bonds is 10. The fourth-order valence-electron chi connectivity index (χ4n) is 2.95. The van der Waals surface area contributed by atoms with Crippen LogP contribution < -0.4 is 16.5 Å². The molecule has 10 heteroatoms. The number of primary amides is 1. The smallest absolute Gasteiger partial charge is 0.266 e. The van der Waals surface area contributed by atoms with E-state index in [1.54, 1.807) is 11.7 Å². The molecular weight excluding hydrogens is 366 g/mol. The summed E-state index contributed by atoms with van der Waals surface area (Å²) >= 11 is 0. The average molecular weight is 389 g/mol. The number of fused-ring (bicyclic) bond motifs is 1. The van der Waals surface area contributed by atoms with E-state index < -0.39 is 29.8 Å². The summed E-state index contributed by atoms with van der Waals surface area (Å²) < 4.78 is 0. The van der Waals surface area contributed by atoms with Crippen LogP contribution in [0.5, 0.6) is 0 Å². The Hall–Kier alpha value is -3.40. The van der Waals surface area contributed by atoms with Crippen LogP contribution in [-0.2, 0) is 25.6 Å². The first kappa shape index (κ1) is 20.9. The molecular formula is C18H23N5O5. The molecule has 0 radical (unpaired) electrons. The van der Waals surface area contributed by atoms with E-state index in [0.717, 1.165) is 21.4 Å². The van der Waals surface area contributed by atoms with Gasteiger partial charge in [0.1, 0.15) is 12.1 Å². The van der Waals surface area contributed by atoms with Crippen molar-refractivity contribution in [2.45, 2.75) is 31.3 Å². The predicted molar refractivity (Wildman–Crippen MR) is 99.9 cm³/mol. The molecule has 1 heterocycles. The van der Waals surface area contributed by atoms with Crippen molar-refractivity contribution in [2.24, 2.45) is 5.73 Å². The van der Waals surface area contributed by atoms with E-state index in [2.05, 4.69) is 10.3 Å². The number of carbonyl (C=O) groups excluding carboxylic acids is 4. The predicted octanol–water partition coefficient (Wildman–Crippen LogP) is -0.577. The minimum atomic E-state index is -1.09. The van der Waals surface area contributed by atoms with E-state index in [9.17, 15) is 19.2 Å². The first-order valence-corrected chi connectivity index (χ1v) is 8.62. The molecule has 150 valence electrons. The highest BCUT2D eigenvalue weighted by molar-refractivity contribution is 5.91. The number of nitrogens with two attached hydrogens (primary N) is 1. The van der Waals surface area contributed by atoms with Gasteiger partial charge in [0, 0.05) is 37.0 Å². The van der Waals surface area contributed by atoms with Crippen molar-refractivity contribution in [1.82, 2.24) is 20.7 Å². The average Bonchev–Trinajstić information content (AvgIpc) is 3.09. The number of aromatic amines is 1. The van der Waals surface area contributed by atoms with Gasteiger partial charge in [-0.25, -0.2) is 5.48 Å². The summed E-state index contributed by atoms with van der Waals surface area (Å²) in [4.78, 5) is 51.0. The second-order valence-corrected chi connectivity index (χ2v) is 6.39. The first-order chi connectivity index (χ1) is 13.4. The molecule has 1 aromatic heterocycles. The van der Waals surface area contributed by atoms with Crippen molar-refractivity contribution in [2.75, 3.05) is 7.05 Å². The summed E-state index contributed by atoms with van der Waals surface area (Å²) in [6.45, 7) is 0. The van der Waals surface area contributed by atoms with Crippen molar-refractivity contribution in [3.05, 3.63) is 36.0 Å². The third-order valence-electron chi connectivity index (χ3n) is 4.47. The Labute approximate surface area is 161 Å². The molecule has 0 aliphatic rings. The van der Waals surface area contributed by atoms with Crippen LogP contribution in [0.25, 0.3) is 10.9 Å². The Balaban J connectivity index is 2.19. The molecule has 0 fully saturated rings. The van der Waals surface area contributed by atoms with Gasteiger partial charge in [-0.1, -0.05) is 18.2 Å². The molecule has 0 aliphatic heterocycles. The van der Waals surface area contributed by atoms with Gasteiger partial charge in [0.05, 0.1) is 0 Å². The fourth-order valence-corrected chi connectivity index (χ4v) is 2.95. The zero-order chi connectivity index (χ0) is 20.7. The highest BCUT2D eigenvalue weighted by Crippen LogP contribution is 2.19. The number of hydrogen-bond acceptors (Lipinski definition) is 5. The van der Waals surface area contributed by atoms with Crippen LogP contribution in [-0.4, -0.2) is 58.4 Å². The van der Waals surface area contributed by atoms with Gasteiger partial charge in [-0.05, 0) is 18.1 Å². The van der Waals surface area contributed by atoms with Gasteiger partial charge < -0.3 is 20.9 Å². The van der Waals surface area contributed by atoms with E-state index in [1.165, 1.54) is 7.05 Å². The summed E-state index contributed by atoms with van der Waals surface area (Å²) in [5.74, 6) is -2.05. The standard InChI is InChI=1S/C18H23N5O5/c1-23(10-24)15(6-7-16(19)25)18(27)21-14(17(26)22-28)8-11-9-20-13-5-3-2-4-12(11)13/h2-5,9-10,14-15,20,28H,6-8H2,1H3,(H2,19,25)(H,21,27)(H,22,26)/t14-,15-/m0/s1. The molecule has 4 amide bonds. The molecule has 0 spiro atoms. The summed E-state index contributed by atoms with van der Waals surface area (Å²) in [5, 5.41) is 12.5. The highest BCUT2D eigenvalue weighted by atomic mass is 16.5. The van der Waals surface area contributed by atoms with Crippen LogP contribution in [0, 0.1) is 0 Å². The Morgan fingerprint density at radius 2 is 2.00 bits per heavy atom. The van der Waals surface area contributed by atoms with Crippen molar-refractivity contribution in [3.63, 3.8) is 0 Å². The minimum absolute atomic E-state index is 0.0109. The van der Waals surface area contributed by atoms with E-state index in [-0.39, 0.29) is 19.3 Å². The number of H-pyrrole nitrogens is 1. The largest absolute Gasteiger partial charge is 0.370 e. The van der Waals surface area contributed by atoms with E-state index in [1.807, 2.05) is 24.3 Å². The molecule has 6 N–H and O–H groups in total. The van der Waals surface area contributed by atoms with Gasteiger partial charge >= 0.3 is 0 Å². The lowest BCUT2D eigenvalue weighted by molar-refractivity contribution is -0.137. The number of aromatic nitrogens is 1. The number of hydroxylamine groups is 1. The monoisotopic (exact) mass is 389 g/mol. The normalized spacial score (nSPS) is 12.8. The number of likely N-dealkylation sites (N-methyl/N-ethyl adjacent to an activating group) is 1. The van der Waals surface area contributed by atoms with E-state index in [0.29, 0.717) is 6.41 Å². The zero-order valence-electron chi connectivity index (χ0n) is 15.3. The van der Waals surface area contributed by atoms with Gasteiger partial charge in [0.25, 0.3) is 5.91 Å². The Bertz CT molecular complexity index is 865. The zero-order valence-corrected chi connectivity index (χ0v) is 15.3. The Morgan fingerprint density at radius 3 is 2.64 bits per heavy atom. The van der Waals surface area contributed by atoms with Crippen LogP contribution in [0.15, 0.2) is 30.5 Å². The molecule has 1 aromatic carbocycles. The molecule has 0 bridgehead atoms. The third kappa shape index (κ3) is 5.07. The third-order valence-corrected chi connectivity index (χ3v) is 4.47. The van der Waals surface area contributed by atoms with Crippen molar-refractivity contribution in [3.8, 4) is 0 Å². The van der Waals surface area contributed by atoms with Crippen LogP contribution >= 0.6 is 0 Å². The van der Waals surface area contributed by atoms with Gasteiger partial charge in [-0.15, -0.1) is 0 Å². The maximum absolute atomic E-state index is 12.6. The van der Waals surface area contributed by atoms with E-state index >= 15 is 0 Å². The van der Waals surface area contributed by atoms with Gasteiger partial charge in [0.15, 0.2) is 0 Å². The molecule has 28 heavy (non-hydrogen) atoms. The quantitative estimate of drug-likeness (QED) is 0.209. The second-order valence-electron chi connectivity index (χ2n) is 6.39. The van der Waals surface area contributed by atoms with Crippen LogP contribution in [0.4, 0.5) is 0 Å². The highest BCUT2D eigenvalue weighted by Gasteiger charge is 2.28. The van der Waals surface area contributed by atoms with Crippen LogP contribution in [0.3, 0.4) is 0 Å². The molecule has 0 saturated heterocycles. The molecule has 2 aromatic rings. The topological polar surface area (TPSA) is 158 Å². The number of amides is 4. The maximum Gasteiger partial charge on any atom is 0.266 e. The number of hydrogen-bond donors (Lipinski definition) is 5. The van der Waals surface area contributed by atoms with Crippen LogP contribution in [0.1, 0.15) is 18.4 Å². The number of nitrogens with zero attached hydrogens (tertiary/aromatic N) is 1. The molecule has 2 atom stereocenters. The lowest BCUT2D eigenvalue weighted by Gasteiger charge is -2.26. The number of benzene rings is 1. The first-order valence-electron chi connectivity index (χ1n) is 8.62. The minimum Gasteiger partial charge on any atom is -0.370 e. The second kappa shape index (κ2) is 9.51. The fraction of sp³-hybridized carbons (Fsp3) is 0.333. The molecule has 2 rings (SSSR count). The SMILES string of the molecule is CN(C=O)[C@@H](CCC(N)=O)C(=O)N[C@@H](Cc1c[nH]c2ccccc12)C(=O)NO. The lowest BCUT2D eigenvalue weighted by Crippen LogP contribution is -2.53. The Morgan fingerprint density at radius 1 is 1.29 bits per heavy atom. The summed E-state index contributed by atoms with van der Waals surface area (Å²) in [6, 6.07) is 5.37. The number of para-hydroxylation sites is 1. The van der Waals surface area contributed by atoms with Gasteiger partial charge in [-0.3, -0.25) is 24.4 Å². The number of nitrogens with one attached hydrogen (secondary N) is 3.